The van der Waals surface area contributed by atoms with Crippen molar-refractivity contribution in [3.05, 3.63) is 65.2 Å². The third-order valence-electron chi connectivity index (χ3n) is 5.32. The van der Waals surface area contributed by atoms with E-state index in [4.69, 9.17) is 4.74 Å². The molecule has 0 fully saturated rings. The largest absolute Gasteiger partial charge is 0.484 e. The molecule has 5 heteroatoms. The second kappa shape index (κ2) is 9.79. The number of hydrogen-bond donors (Lipinski definition) is 1. The molecule has 0 aliphatic carbocycles. The van der Waals surface area contributed by atoms with E-state index >= 15 is 0 Å². The van der Waals surface area contributed by atoms with Crippen LogP contribution in [0.25, 0.3) is 0 Å². The van der Waals surface area contributed by atoms with E-state index in [9.17, 15) is 9.59 Å². The number of nitrogens with zero attached hydrogens (tertiary/aromatic N) is 1. The van der Waals surface area contributed by atoms with Gasteiger partial charge in [-0.05, 0) is 41.2 Å². The normalized spacial score (nSPS) is 15.8. The fourth-order valence-corrected chi connectivity index (χ4v) is 3.76. The van der Waals surface area contributed by atoms with Crippen LogP contribution in [-0.4, -0.2) is 36.4 Å². The second-order valence-electron chi connectivity index (χ2n) is 8.60. The molecule has 0 saturated carbocycles. The molecule has 2 aromatic carbocycles. The van der Waals surface area contributed by atoms with E-state index in [0.29, 0.717) is 24.8 Å². The molecule has 0 aromatic heterocycles. The molecule has 30 heavy (non-hydrogen) atoms. The number of carbonyl (C=O) groups excluding carboxylic acids is 2. The highest BCUT2D eigenvalue weighted by Crippen LogP contribution is 2.37. The summed E-state index contributed by atoms with van der Waals surface area (Å²) in [7, 11) is 0. The van der Waals surface area contributed by atoms with Crippen molar-refractivity contribution in [3.8, 4) is 5.75 Å². The maximum Gasteiger partial charge on any atom is 0.257 e. The van der Waals surface area contributed by atoms with E-state index < -0.39 is 0 Å². The van der Waals surface area contributed by atoms with E-state index in [0.717, 1.165) is 17.5 Å². The lowest BCUT2D eigenvalue weighted by atomic mass is 9.87. The summed E-state index contributed by atoms with van der Waals surface area (Å²) in [5.41, 5.74) is 3.37. The van der Waals surface area contributed by atoms with Gasteiger partial charge in [0.2, 0.25) is 5.91 Å². The van der Waals surface area contributed by atoms with Crippen LogP contribution in [0.1, 0.15) is 50.4 Å². The van der Waals surface area contributed by atoms with Crippen molar-refractivity contribution < 1.29 is 14.3 Å². The zero-order valence-corrected chi connectivity index (χ0v) is 18.4. The van der Waals surface area contributed by atoms with Crippen molar-refractivity contribution in [2.45, 2.75) is 40.2 Å². The van der Waals surface area contributed by atoms with Gasteiger partial charge in [-0.2, -0.15) is 0 Å². The summed E-state index contributed by atoms with van der Waals surface area (Å²) in [5, 5.41) is 2.87. The highest BCUT2D eigenvalue weighted by atomic mass is 16.5. The lowest BCUT2D eigenvalue weighted by Gasteiger charge is -2.39. The van der Waals surface area contributed by atoms with E-state index in [2.05, 4.69) is 37.4 Å². The predicted molar refractivity (Wildman–Crippen MR) is 118 cm³/mol. The molecular formula is C25H32N2O3. The third-order valence-corrected chi connectivity index (χ3v) is 5.32. The van der Waals surface area contributed by atoms with Crippen molar-refractivity contribution in [3.63, 3.8) is 0 Å². The van der Waals surface area contributed by atoms with Crippen molar-refractivity contribution in [2.24, 2.45) is 11.8 Å². The molecule has 0 spiro atoms. The van der Waals surface area contributed by atoms with Gasteiger partial charge in [-0.3, -0.25) is 9.59 Å². The Morgan fingerprint density at radius 1 is 1.10 bits per heavy atom. The molecule has 1 atom stereocenters. The number of hydrogen-bond acceptors (Lipinski definition) is 3. The first-order valence-corrected chi connectivity index (χ1v) is 10.7. The van der Waals surface area contributed by atoms with E-state index in [1.807, 2.05) is 49.1 Å². The average molecular weight is 409 g/mol. The first kappa shape index (κ1) is 21.9. The van der Waals surface area contributed by atoms with Crippen LogP contribution in [0, 0.1) is 11.8 Å². The zero-order valence-electron chi connectivity index (χ0n) is 18.4. The molecule has 1 aliphatic rings. The topological polar surface area (TPSA) is 58.6 Å². The number of ether oxygens (including phenoxy) is 1. The number of carbonyl (C=O) groups is 2. The molecule has 1 unspecified atom stereocenters. The zero-order chi connectivity index (χ0) is 21.7. The number of fused-ring (bicyclic) bond motifs is 1. The summed E-state index contributed by atoms with van der Waals surface area (Å²) in [6, 6.07) is 15.9. The van der Waals surface area contributed by atoms with Gasteiger partial charge in [-0.25, -0.2) is 0 Å². The van der Waals surface area contributed by atoms with Crippen molar-refractivity contribution in [1.82, 2.24) is 10.2 Å². The Hall–Kier alpha value is -2.82. The first-order valence-electron chi connectivity index (χ1n) is 10.7. The summed E-state index contributed by atoms with van der Waals surface area (Å²) < 4.78 is 5.78. The van der Waals surface area contributed by atoms with Gasteiger partial charge in [0.15, 0.2) is 6.61 Å². The van der Waals surface area contributed by atoms with Crippen LogP contribution in [0.5, 0.6) is 5.75 Å². The number of benzene rings is 2. The minimum Gasteiger partial charge on any atom is -0.484 e. The Balaban J connectivity index is 1.86. The van der Waals surface area contributed by atoms with Crippen LogP contribution in [-0.2, 0) is 16.0 Å². The van der Waals surface area contributed by atoms with Crippen LogP contribution >= 0.6 is 0 Å². The molecule has 2 amide bonds. The van der Waals surface area contributed by atoms with E-state index in [1.165, 1.54) is 5.56 Å². The fourth-order valence-electron chi connectivity index (χ4n) is 3.76. The van der Waals surface area contributed by atoms with Crippen molar-refractivity contribution in [1.29, 1.82) is 0 Å². The van der Waals surface area contributed by atoms with Crippen LogP contribution in [0.2, 0.25) is 0 Å². The molecule has 1 N–H and O–H groups in total. The molecular weight excluding hydrogens is 376 g/mol. The molecule has 5 nitrogen and oxygen atoms in total. The lowest BCUT2D eigenvalue weighted by molar-refractivity contribution is -0.136. The number of amides is 2. The highest BCUT2D eigenvalue weighted by Gasteiger charge is 2.33. The molecule has 1 heterocycles. The van der Waals surface area contributed by atoms with Crippen LogP contribution in [0.15, 0.2) is 48.5 Å². The molecule has 160 valence electrons. The second-order valence-corrected chi connectivity index (χ2v) is 8.60. The molecule has 1 aliphatic heterocycles. The van der Waals surface area contributed by atoms with Gasteiger partial charge in [0.05, 0.1) is 6.04 Å². The van der Waals surface area contributed by atoms with Crippen molar-refractivity contribution in [2.75, 3.05) is 19.7 Å². The van der Waals surface area contributed by atoms with Crippen LogP contribution in [0.3, 0.4) is 0 Å². The van der Waals surface area contributed by atoms with Crippen LogP contribution < -0.4 is 10.1 Å². The summed E-state index contributed by atoms with van der Waals surface area (Å²) in [4.78, 5) is 27.0. The standard InChI is InChI=1S/C25H32N2O3/c1-17(2)15-26-23(28)16-30-21-11-10-19-12-13-27(25(29)18(3)4)24(22(19)14-21)20-8-6-5-7-9-20/h5-11,14,17-18,24H,12-13,15-16H2,1-4H3,(H,26,28). The van der Waals surface area contributed by atoms with Crippen molar-refractivity contribution >= 4 is 11.8 Å². The Bertz CT molecular complexity index is 877. The Morgan fingerprint density at radius 3 is 2.50 bits per heavy atom. The van der Waals surface area contributed by atoms with Gasteiger partial charge in [-0.1, -0.05) is 64.1 Å². The first-order chi connectivity index (χ1) is 14.4. The van der Waals surface area contributed by atoms with Gasteiger partial charge in [-0.15, -0.1) is 0 Å². The molecule has 0 bridgehead atoms. The summed E-state index contributed by atoms with van der Waals surface area (Å²) in [5.74, 6) is 0.996. The number of rotatable bonds is 7. The van der Waals surface area contributed by atoms with Gasteiger partial charge in [0.25, 0.3) is 5.91 Å². The third kappa shape index (κ3) is 5.21. The summed E-state index contributed by atoms with van der Waals surface area (Å²) in [6.07, 6.45) is 0.812. The Labute approximate surface area is 179 Å². The monoisotopic (exact) mass is 408 g/mol. The Kier molecular flexibility index (Phi) is 7.14. The number of nitrogens with one attached hydrogen (secondary N) is 1. The van der Waals surface area contributed by atoms with Gasteiger partial charge in [0.1, 0.15) is 5.75 Å². The minimum absolute atomic E-state index is 0.0177. The quantitative estimate of drug-likeness (QED) is 0.754. The summed E-state index contributed by atoms with van der Waals surface area (Å²) >= 11 is 0. The molecule has 0 radical (unpaired) electrons. The lowest BCUT2D eigenvalue weighted by Crippen LogP contribution is -2.42. The maximum atomic E-state index is 13.0. The van der Waals surface area contributed by atoms with Gasteiger partial charge >= 0.3 is 0 Å². The van der Waals surface area contributed by atoms with E-state index in [-0.39, 0.29) is 30.4 Å². The van der Waals surface area contributed by atoms with Gasteiger partial charge < -0.3 is 15.0 Å². The smallest absolute Gasteiger partial charge is 0.257 e. The molecule has 2 aromatic rings. The Morgan fingerprint density at radius 2 is 1.83 bits per heavy atom. The average Bonchev–Trinajstić information content (AvgIpc) is 2.75. The van der Waals surface area contributed by atoms with E-state index in [1.54, 1.807) is 0 Å². The SMILES string of the molecule is CC(C)CNC(=O)COc1ccc2c(c1)C(c1ccccc1)N(C(=O)C(C)C)CC2. The maximum absolute atomic E-state index is 13.0. The predicted octanol–water partition coefficient (Wildman–Crippen LogP) is 3.97. The van der Waals surface area contributed by atoms with Gasteiger partial charge in [0, 0.05) is 19.0 Å². The fraction of sp³-hybridized carbons (Fsp3) is 0.440. The summed E-state index contributed by atoms with van der Waals surface area (Å²) in [6.45, 7) is 9.30. The van der Waals surface area contributed by atoms with Crippen LogP contribution in [0.4, 0.5) is 0 Å². The highest BCUT2D eigenvalue weighted by molar-refractivity contribution is 5.80. The molecule has 0 saturated heterocycles. The minimum atomic E-state index is -0.150. The molecule has 3 rings (SSSR count).